The van der Waals surface area contributed by atoms with Crippen molar-refractivity contribution < 1.29 is 14.7 Å². The summed E-state index contributed by atoms with van der Waals surface area (Å²) in [7, 11) is 0. The molecular formula is C13H16N2O3. The second kappa shape index (κ2) is 5.64. The van der Waals surface area contributed by atoms with Crippen LogP contribution in [0.5, 0.6) is 0 Å². The molecule has 3 N–H and O–H groups in total. The number of rotatable bonds is 3. The lowest BCUT2D eigenvalue weighted by Gasteiger charge is -2.22. The molecule has 0 saturated carbocycles. The molecule has 18 heavy (non-hydrogen) atoms. The zero-order chi connectivity index (χ0) is 13.0. The van der Waals surface area contributed by atoms with E-state index in [1.165, 1.54) is 12.1 Å². The lowest BCUT2D eigenvalue weighted by molar-refractivity contribution is -0.118. The highest BCUT2D eigenvalue weighted by Gasteiger charge is 2.20. The summed E-state index contributed by atoms with van der Waals surface area (Å²) in [6.45, 7) is 0.871. The number of carboxylic acid groups (broad SMARTS) is 1. The van der Waals surface area contributed by atoms with E-state index < -0.39 is 5.97 Å². The third-order valence-electron chi connectivity index (χ3n) is 3.03. The smallest absolute Gasteiger partial charge is 0.335 e. The van der Waals surface area contributed by atoms with Gasteiger partial charge in [-0.1, -0.05) is 6.42 Å². The quantitative estimate of drug-likeness (QED) is 0.756. The van der Waals surface area contributed by atoms with Crippen molar-refractivity contribution in [3.63, 3.8) is 0 Å². The highest BCUT2D eigenvalue weighted by Crippen LogP contribution is 2.12. The Kier molecular flexibility index (Phi) is 3.94. The van der Waals surface area contributed by atoms with Gasteiger partial charge in [0.15, 0.2) is 0 Å². The number of nitrogens with one attached hydrogen (secondary N) is 2. The summed E-state index contributed by atoms with van der Waals surface area (Å²) in [5.74, 6) is -1.03. The van der Waals surface area contributed by atoms with Crippen LogP contribution >= 0.6 is 0 Å². The third kappa shape index (κ3) is 3.07. The Balaban J connectivity index is 1.96. The van der Waals surface area contributed by atoms with Crippen LogP contribution in [-0.2, 0) is 4.79 Å². The van der Waals surface area contributed by atoms with E-state index in [4.69, 9.17) is 5.11 Å². The molecular weight excluding hydrogens is 232 g/mol. The largest absolute Gasteiger partial charge is 0.478 e. The normalized spacial score (nSPS) is 19.2. The number of anilines is 1. The Morgan fingerprint density at radius 2 is 1.94 bits per heavy atom. The van der Waals surface area contributed by atoms with E-state index in [1.54, 1.807) is 12.1 Å². The van der Waals surface area contributed by atoms with Crippen molar-refractivity contribution >= 4 is 17.6 Å². The minimum atomic E-state index is -0.971. The molecule has 2 rings (SSSR count). The van der Waals surface area contributed by atoms with Crippen molar-refractivity contribution in [3.8, 4) is 0 Å². The van der Waals surface area contributed by atoms with Gasteiger partial charge in [-0.2, -0.15) is 0 Å². The first-order chi connectivity index (χ1) is 8.66. The third-order valence-corrected chi connectivity index (χ3v) is 3.03. The second-order valence-corrected chi connectivity index (χ2v) is 4.37. The van der Waals surface area contributed by atoms with Crippen LogP contribution in [0.2, 0.25) is 0 Å². The molecule has 1 amide bonds. The molecule has 5 nitrogen and oxygen atoms in total. The van der Waals surface area contributed by atoms with Crippen LogP contribution in [0, 0.1) is 0 Å². The highest BCUT2D eigenvalue weighted by atomic mass is 16.4. The monoisotopic (exact) mass is 248 g/mol. The number of aromatic carboxylic acids is 1. The van der Waals surface area contributed by atoms with E-state index in [0.29, 0.717) is 5.69 Å². The van der Waals surface area contributed by atoms with Crippen molar-refractivity contribution in [2.24, 2.45) is 0 Å². The fraction of sp³-hybridized carbons (Fsp3) is 0.385. The first kappa shape index (κ1) is 12.6. The number of amides is 1. The molecule has 1 atom stereocenters. The summed E-state index contributed by atoms with van der Waals surface area (Å²) in [6, 6.07) is 6.02. The second-order valence-electron chi connectivity index (χ2n) is 4.37. The lowest BCUT2D eigenvalue weighted by Crippen LogP contribution is -2.43. The van der Waals surface area contributed by atoms with Gasteiger partial charge in [0.25, 0.3) is 0 Å². The van der Waals surface area contributed by atoms with Gasteiger partial charge in [-0.25, -0.2) is 4.79 Å². The Morgan fingerprint density at radius 1 is 1.22 bits per heavy atom. The number of hydrogen-bond acceptors (Lipinski definition) is 3. The summed E-state index contributed by atoms with van der Waals surface area (Å²) in [5, 5.41) is 14.7. The van der Waals surface area contributed by atoms with Gasteiger partial charge >= 0.3 is 5.97 Å². The van der Waals surface area contributed by atoms with Gasteiger partial charge in [-0.05, 0) is 43.7 Å². The molecule has 0 radical (unpaired) electrons. The van der Waals surface area contributed by atoms with E-state index in [2.05, 4.69) is 10.6 Å². The Labute approximate surface area is 105 Å². The highest BCUT2D eigenvalue weighted by molar-refractivity contribution is 5.95. The van der Waals surface area contributed by atoms with Crippen molar-refractivity contribution in [2.45, 2.75) is 25.3 Å². The van der Waals surface area contributed by atoms with Crippen LogP contribution in [0.4, 0.5) is 5.69 Å². The van der Waals surface area contributed by atoms with Crippen molar-refractivity contribution in [2.75, 3.05) is 11.9 Å². The molecule has 1 aliphatic rings. The molecule has 1 fully saturated rings. The van der Waals surface area contributed by atoms with Gasteiger partial charge in [0, 0.05) is 5.69 Å². The predicted octanol–water partition coefficient (Wildman–Crippen LogP) is 1.47. The first-order valence-corrected chi connectivity index (χ1v) is 6.04. The van der Waals surface area contributed by atoms with Gasteiger partial charge in [-0.3, -0.25) is 4.79 Å². The number of piperidine rings is 1. The summed E-state index contributed by atoms with van der Waals surface area (Å²) >= 11 is 0. The van der Waals surface area contributed by atoms with Crippen molar-refractivity contribution in [1.82, 2.24) is 5.32 Å². The lowest BCUT2D eigenvalue weighted by atomic mass is 10.0. The Morgan fingerprint density at radius 3 is 2.50 bits per heavy atom. The fourth-order valence-electron chi connectivity index (χ4n) is 2.00. The molecule has 1 aliphatic heterocycles. The first-order valence-electron chi connectivity index (χ1n) is 6.04. The molecule has 96 valence electrons. The number of carbonyl (C=O) groups is 2. The van der Waals surface area contributed by atoms with E-state index in [-0.39, 0.29) is 17.5 Å². The molecule has 0 bridgehead atoms. The molecule has 1 aromatic carbocycles. The number of hydrogen-bond donors (Lipinski definition) is 3. The number of benzene rings is 1. The maximum absolute atomic E-state index is 11.9. The summed E-state index contributed by atoms with van der Waals surface area (Å²) in [4.78, 5) is 22.6. The maximum Gasteiger partial charge on any atom is 0.335 e. The van der Waals surface area contributed by atoms with Gasteiger partial charge < -0.3 is 15.7 Å². The summed E-state index contributed by atoms with van der Waals surface area (Å²) in [5.41, 5.74) is 0.834. The maximum atomic E-state index is 11.9. The minimum Gasteiger partial charge on any atom is -0.478 e. The SMILES string of the molecule is O=C(O)c1ccc(NC(=O)[C@H]2CCCCN2)cc1. The van der Waals surface area contributed by atoms with Crippen LogP contribution < -0.4 is 10.6 Å². The molecule has 0 aromatic heterocycles. The van der Waals surface area contributed by atoms with Crippen LogP contribution in [0.25, 0.3) is 0 Å². The molecule has 1 saturated heterocycles. The topological polar surface area (TPSA) is 78.4 Å². The molecule has 0 unspecified atom stereocenters. The van der Waals surface area contributed by atoms with Crippen molar-refractivity contribution in [3.05, 3.63) is 29.8 Å². The predicted molar refractivity (Wildman–Crippen MR) is 67.7 cm³/mol. The molecule has 0 aliphatic carbocycles. The average molecular weight is 248 g/mol. The summed E-state index contributed by atoms with van der Waals surface area (Å²) in [6.07, 6.45) is 3.01. The van der Waals surface area contributed by atoms with E-state index >= 15 is 0 Å². The minimum absolute atomic E-state index is 0.0576. The van der Waals surface area contributed by atoms with Crippen LogP contribution in [0.1, 0.15) is 29.6 Å². The molecule has 5 heteroatoms. The Hall–Kier alpha value is -1.88. The summed E-state index contributed by atoms with van der Waals surface area (Å²) < 4.78 is 0. The van der Waals surface area contributed by atoms with Gasteiger partial charge in [-0.15, -0.1) is 0 Å². The fourth-order valence-corrected chi connectivity index (χ4v) is 2.00. The van der Waals surface area contributed by atoms with Gasteiger partial charge in [0.1, 0.15) is 0 Å². The molecule has 1 aromatic rings. The average Bonchev–Trinajstić information content (AvgIpc) is 2.40. The standard InChI is InChI=1S/C13H16N2O3/c16-12(11-3-1-2-8-14-11)15-10-6-4-9(5-7-10)13(17)18/h4-7,11,14H,1-3,8H2,(H,15,16)(H,17,18)/t11-/m1/s1. The van der Waals surface area contributed by atoms with E-state index in [9.17, 15) is 9.59 Å². The van der Waals surface area contributed by atoms with Gasteiger partial charge in [0.2, 0.25) is 5.91 Å². The zero-order valence-corrected chi connectivity index (χ0v) is 9.98. The van der Waals surface area contributed by atoms with Crippen LogP contribution in [0.3, 0.4) is 0 Å². The molecule has 1 heterocycles. The molecule has 0 spiro atoms. The van der Waals surface area contributed by atoms with Gasteiger partial charge in [0.05, 0.1) is 11.6 Å². The van der Waals surface area contributed by atoms with Crippen LogP contribution in [0.15, 0.2) is 24.3 Å². The van der Waals surface area contributed by atoms with E-state index in [0.717, 1.165) is 25.8 Å². The zero-order valence-electron chi connectivity index (χ0n) is 9.98. The van der Waals surface area contributed by atoms with Crippen LogP contribution in [-0.4, -0.2) is 29.6 Å². The van der Waals surface area contributed by atoms with Crippen molar-refractivity contribution in [1.29, 1.82) is 0 Å². The number of carboxylic acids is 1. The van der Waals surface area contributed by atoms with E-state index in [1.807, 2.05) is 0 Å². The number of carbonyl (C=O) groups excluding carboxylic acids is 1. The Bertz CT molecular complexity index is 436.